The van der Waals surface area contributed by atoms with Crippen LogP contribution in [0.4, 0.5) is 0 Å². The maximum absolute atomic E-state index is 11.4. The van der Waals surface area contributed by atoms with E-state index in [0.717, 1.165) is 0 Å². The molecule has 1 aliphatic heterocycles. The molecular formula is C9H13NO4. The number of rotatable bonds is 2. The van der Waals surface area contributed by atoms with Crippen LogP contribution in [0.25, 0.3) is 0 Å². The summed E-state index contributed by atoms with van der Waals surface area (Å²) < 4.78 is 9.78. The molecule has 1 fully saturated rings. The van der Waals surface area contributed by atoms with Crippen molar-refractivity contribution in [2.75, 3.05) is 19.8 Å². The normalized spacial score (nSPS) is 31.9. The number of carbonyl (C=O) groups is 1. The first-order chi connectivity index (χ1) is 6.64. The standard InChI is InChI=1S/C9H13NO4/c1-2-14-8(11)7-5-13-4-3-9(7,12)6-10/h7,12H,2-5H2,1H3. The maximum Gasteiger partial charge on any atom is 0.315 e. The fourth-order valence-electron chi connectivity index (χ4n) is 1.38. The smallest absolute Gasteiger partial charge is 0.315 e. The number of aliphatic hydroxyl groups is 1. The number of esters is 1. The summed E-state index contributed by atoms with van der Waals surface area (Å²) in [5.74, 6) is -1.46. The molecule has 1 N–H and O–H groups in total. The Morgan fingerprint density at radius 2 is 2.57 bits per heavy atom. The summed E-state index contributed by atoms with van der Waals surface area (Å²) in [6.07, 6.45) is 0.146. The Bertz CT molecular complexity index is 260. The van der Waals surface area contributed by atoms with Crippen molar-refractivity contribution < 1.29 is 19.4 Å². The molecule has 0 aromatic heterocycles. The van der Waals surface area contributed by atoms with E-state index in [0.29, 0.717) is 6.61 Å². The molecule has 78 valence electrons. The van der Waals surface area contributed by atoms with E-state index in [1.807, 2.05) is 0 Å². The second-order valence-corrected chi connectivity index (χ2v) is 3.17. The van der Waals surface area contributed by atoms with Gasteiger partial charge in [-0.05, 0) is 6.92 Å². The minimum atomic E-state index is -1.63. The van der Waals surface area contributed by atoms with Crippen LogP contribution in [-0.4, -0.2) is 36.5 Å². The number of nitriles is 1. The Balaban J connectivity index is 2.74. The Kier molecular flexibility index (Phi) is 3.44. The van der Waals surface area contributed by atoms with Crippen molar-refractivity contribution >= 4 is 5.97 Å². The Labute approximate surface area is 82.2 Å². The molecule has 0 saturated carbocycles. The minimum absolute atomic E-state index is 0.0445. The second kappa shape index (κ2) is 4.40. The molecule has 0 aromatic rings. The zero-order valence-electron chi connectivity index (χ0n) is 8.02. The molecule has 2 atom stereocenters. The van der Waals surface area contributed by atoms with Crippen LogP contribution in [0.1, 0.15) is 13.3 Å². The molecule has 1 heterocycles. The molecule has 1 saturated heterocycles. The first-order valence-electron chi connectivity index (χ1n) is 4.52. The third-order valence-corrected chi connectivity index (χ3v) is 2.25. The van der Waals surface area contributed by atoms with Crippen molar-refractivity contribution in [2.24, 2.45) is 5.92 Å². The van der Waals surface area contributed by atoms with Gasteiger partial charge in [-0.2, -0.15) is 5.26 Å². The topological polar surface area (TPSA) is 79.6 Å². The van der Waals surface area contributed by atoms with Crippen molar-refractivity contribution in [1.82, 2.24) is 0 Å². The van der Waals surface area contributed by atoms with Gasteiger partial charge in [-0.25, -0.2) is 0 Å². The van der Waals surface area contributed by atoms with E-state index >= 15 is 0 Å². The van der Waals surface area contributed by atoms with Gasteiger partial charge in [0.15, 0.2) is 5.60 Å². The van der Waals surface area contributed by atoms with Crippen molar-refractivity contribution in [1.29, 1.82) is 5.26 Å². The van der Waals surface area contributed by atoms with E-state index in [2.05, 4.69) is 0 Å². The van der Waals surface area contributed by atoms with Crippen LogP contribution >= 0.6 is 0 Å². The molecule has 5 heteroatoms. The zero-order valence-corrected chi connectivity index (χ0v) is 8.02. The minimum Gasteiger partial charge on any atom is -0.466 e. The van der Waals surface area contributed by atoms with Gasteiger partial charge < -0.3 is 14.6 Å². The molecule has 0 bridgehead atoms. The molecule has 0 aromatic carbocycles. The Hall–Kier alpha value is -1.12. The monoisotopic (exact) mass is 199 g/mol. The van der Waals surface area contributed by atoms with Crippen molar-refractivity contribution in [3.63, 3.8) is 0 Å². The Morgan fingerprint density at radius 1 is 1.86 bits per heavy atom. The molecular weight excluding hydrogens is 186 g/mol. The quantitative estimate of drug-likeness (QED) is 0.493. The van der Waals surface area contributed by atoms with Crippen LogP contribution in [-0.2, 0) is 14.3 Å². The number of ether oxygens (including phenoxy) is 2. The molecule has 1 rings (SSSR count). The first kappa shape index (κ1) is 11.0. The highest BCUT2D eigenvalue weighted by molar-refractivity contribution is 5.75. The number of hydrogen-bond donors (Lipinski definition) is 1. The maximum atomic E-state index is 11.4. The zero-order chi connectivity index (χ0) is 10.6. The van der Waals surface area contributed by atoms with Crippen LogP contribution in [0.3, 0.4) is 0 Å². The van der Waals surface area contributed by atoms with E-state index < -0.39 is 17.5 Å². The van der Waals surface area contributed by atoms with Crippen LogP contribution < -0.4 is 0 Å². The molecule has 0 amide bonds. The highest BCUT2D eigenvalue weighted by Gasteiger charge is 2.45. The fourth-order valence-corrected chi connectivity index (χ4v) is 1.38. The van der Waals surface area contributed by atoms with Gasteiger partial charge in [0.2, 0.25) is 0 Å². The lowest BCUT2D eigenvalue weighted by atomic mass is 9.85. The summed E-state index contributed by atoms with van der Waals surface area (Å²) in [5, 5.41) is 18.6. The summed E-state index contributed by atoms with van der Waals surface area (Å²) in [5.41, 5.74) is -1.63. The number of hydrogen-bond acceptors (Lipinski definition) is 5. The number of carbonyl (C=O) groups excluding carboxylic acids is 1. The van der Waals surface area contributed by atoms with Crippen LogP contribution in [0.15, 0.2) is 0 Å². The highest BCUT2D eigenvalue weighted by atomic mass is 16.5. The SMILES string of the molecule is CCOC(=O)C1COCCC1(O)C#N. The molecule has 0 spiro atoms. The third kappa shape index (κ3) is 2.03. The van der Waals surface area contributed by atoms with Gasteiger partial charge in [0.05, 0.1) is 25.9 Å². The molecule has 1 aliphatic rings. The lowest BCUT2D eigenvalue weighted by molar-refractivity contribution is -0.166. The van der Waals surface area contributed by atoms with Gasteiger partial charge in [0, 0.05) is 6.42 Å². The average Bonchev–Trinajstić information content (AvgIpc) is 2.19. The Morgan fingerprint density at radius 3 is 3.14 bits per heavy atom. The van der Waals surface area contributed by atoms with E-state index in [1.165, 1.54) is 0 Å². The summed E-state index contributed by atoms with van der Waals surface area (Å²) in [7, 11) is 0. The van der Waals surface area contributed by atoms with Crippen molar-refractivity contribution in [2.45, 2.75) is 18.9 Å². The van der Waals surface area contributed by atoms with Gasteiger partial charge in [-0.3, -0.25) is 4.79 Å². The molecule has 0 radical (unpaired) electrons. The highest BCUT2D eigenvalue weighted by Crippen LogP contribution is 2.27. The predicted molar refractivity (Wildman–Crippen MR) is 46.1 cm³/mol. The van der Waals surface area contributed by atoms with Crippen LogP contribution in [0.2, 0.25) is 0 Å². The van der Waals surface area contributed by atoms with E-state index in [1.54, 1.807) is 13.0 Å². The summed E-state index contributed by atoms with van der Waals surface area (Å²) in [6.45, 7) is 2.24. The van der Waals surface area contributed by atoms with Crippen LogP contribution in [0.5, 0.6) is 0 Å². The number of nitrogens with zero attached hydrogens (tertiary/aromatic N) is 1. The van der Waals surface area contributed by atoms with Gasteiger partial charge in [-0.1, -0.05) is 0 Å². The fraction of sp³-hybridized carbons (Fsp3) is 0.778. The van der Waals surface area contributed by atoms with Crippen molar-refractivity contribution in [3.05, 3.63) is 0 Å². The lowest BCUT2D eigenvalue weighted by Gasteiger charge is -2.32. The van der Waals surface area contributed by atoms with Crippen molar-refractivity contribution in [3.8, 4) is 6.07 Å². The van der Waals surface area contributed by atoms with Gasteiger partial charge in [0.1, 0.15) is 5.92 Å². The molecule has 2 unspecified atom stereocenters. The average molecular weight is 199 g/mol. The van der Waals surface area contributed by atoms with Gasteiger partial charge in [-0.15, -0.1) is 0 Å². The third-order valence-electron chi connectivity index (χ3n) is 2.25. The van der Waals surface area contributed by atoms with E-state index in [-0.39, 0.29) is 19.6 Å². The van der Waals surface area contributed by atoms with Crippen LogP contribution in [0, 0.1) is 17.2 Å². The van der Waals surface area contributed by atoms with Gasteiger partial charge >= 0.3 is 5.97 Å². The second-order valence-electron chi connectivity index (χ2n) is 3.17. The predicted octanol–water partition coefficient (Wildman–Crippen LogP) is -0.159. The summed E-state index contributed by atoms with van der Waals surface area (Å²) in [4.78, 5) is 11.4. The lowest BCUT2D eigenvalue weighted by Crippen LogP contribution is -2.48. The van der Waals surface area contributed by atoms with E-state index in [9.17, 15) is 9.90 Å². The van der Waals surface area contributed by atoms with E-state index in [4.69, 9.17) is 14.7 Å². The summed E-state index contributed by atoms with van der Waals surface area (Å²) in [6, 6.07) is 1.74. The molecule has 5 nitrogen and oxygen atoms in total. The van der Waals surface area contributed by atoms with Gasteiger partial charge in [0.25, 0.3) is 0 Å². The molecule has 0 aliphatic carbocycles. The first-order valence-corrected chi connectivity index (χ1v) is 4.52. The molecule has 14 heavy (non-hydrogen) atoms. The summed E-state index contributed by atoms with van der Waals surface area (Å²) >= 11 is 0. The largest absolute Gasteiger partial charge is 0.466 e.